The van der Waals surface area contributed by atoms with Gasteiger partial charge in [0.25, 0.3) is 0 Å². The first kappa shape index (κ1) is 17.2. The van der Waals surface area contributed by atoms with Crippen LogP contribution in [-0.4, -0.2) is 24.1 Å². The number of hydrogen-bond donors (Lipinski definition) is 1. The lowest BCUT2D eigenvalue weighted by Crippen LogP contribution is -2.26. The largest absolute Gasteiger partial charge is 0.491 e. The zero-order chi connectivity index (χ0) is 17.0. The fourth-order valence-electron chi connectivity index (χ4n) is 2.33. The van der Waals surface area contributed by atoms with Crippen molar-refractivity contribution in [1.29, 1.82) is 0 Å². The fraction of sp³-hybridized carbons (Fsp3) is 0.529. The highest BCUT2D eigenvalue weighted by atomic mass is 19.1. The van der Waals surface area contributed by atoms with Crippen molar-refractivity contribution in [3.8, 4) is 5.75 Å². The van der Waals surface area contributed by atoms with Gasteiger partial charge in [-0.2, -0.15) is 0 Å². The number of rotatable bonds is 4. The van der Waals surface area contributed by atoms with E-state index in [1.54, 1.807) is 0 Å². The van der Waals surface area contributed by atoms with E-state index in [4.69, 9.17) is 9.47 Å². The molecule has 6 heteroatoms. The van der Waals surface area contributed by atoms with E-state index in [0.29, 0.717) is 24.3 Å². The Morgan fingerprint density at radius 1 is 1.43 bits per heavy atom. The molecule has 0 radical (unpaired) electrons. The number of ether oxygens (including phenoxy) is 2. The summed E-state index contributed by atoms with van der Waals surface area (Å²) in [5.41, 5.74) is -0.171. The summed E-state index contributed by atoms with van der Waals surface area (Å²) in [5.74, 6) is -0.866. The molecule has 23 heavy (non-hydrogen) atoms. The average Bonchev–Trinajstić information content (AvgIpc) is 2.56. The monoisotopic (exact) mass is 323 g/mol. The molecule has 1 heterocycles. The van der Waals surface area contributed by atoms with Crippen LogP contribution in [0.2, 0.25) is 0 Å². The summed E-state index contributed by atoms with van der Waals surface area (Å²) < 4.78 is 24.0. The molecular weight excluding hydrogens is 301 g/mol. The third kappa shape index (κ3) is 5.23. The number of carbonyl (C=O) groups is 2. The lowest BCUT2D eigenvalue weighted by atomic mass is 10.0. The summed E-state index contributed by atoms with van der Waals surface area (Å²) in [6.45, 7) is 5.65. The van der Waals surface area contributed by atoms with Crippen LogP contribution in [0.4, 0.5) is 10.1 Å². The standard InChI is InChI=1S/C17H22FNO4/c1-17(2,3)23-15(20)6-4-5-11-10-22-14-8-7-12(18)9-13(14)19-16(11)21/h7-9,11H,4-6,10H2,1-3H3,(H,19,21)/t11-/m0/s1. The number of amides is 1. The molecule has 1 atom stereocenters. The molecule has 0 unspecified atom stereocenters. The molecule has 1 aromatic carbocycles. The second kappa shape index (κ2) is 6.98. The number of hydrogen-bond acceptors (Lipinski definition) is 4. The quantitative estimate of drug-likeness (QED) is 0.864. The minimum atomic E-state index is -0.508. The van der Waals surface area contributed by atoms with Crippen molar-refractivity contribution in [1.82, 2.24) is 0 Å². The van der Waals surface area contributed by atoms with Crippen molar-refractivity contribution in [3.05, 3.63) is 24.0 Å². The number of fused-ring (bicyclic) bond motifs is 1. The molecule has 0 bridgehead atoms. The summed E-state index contributed by atoms with van der Waals surface area (Å²) in [4.78, 5) is 23.8. The van der Waals surface area contributed by atoms with Gasteiger partial charge in [0.05, 0.1) is 18.2 Å². The predicted octanol–water partition coefficient (Wildman–Crippen LogP) is 3.28. The number of carbonyl (C=O) groups excluding carboxylic acids is 2. The van der Waals surface area contributed by atoms with E-state index in [1.165, 1.54) is 18.2 Å². The number of nitrogens with one attached hydrogen (secondary N) is 1. The molecule has 1 N–H and O–H groups in total. The van der Waals surface area contributed by atoms with Crippen molar-refractivity contribution < 1.29 is 23.5 Å². The molecule has 2 rings (SSSR count). The minimum absolute atomic E-state index is 0.207. The number of benzene rings is 1. The molecule has 0 aromatic heterocycles. The zero-order valence-corrected chi connectivity index (χ0v) is 13.6. The van der Waals surface area contributed by atoms with Gasteiger partial charge in [0, 0.05) is 12.5 Å². The summed E-state index contributed by atoms with van der Waals surface area (Å²) in [7, 11) is 0. The number of halogens is 1. The first-order valence-corrected chi connectivity index (χ1v) is 7.70. The van der Waals surface area contributed by atoms with Gasteiger partial charge in [-0.25, -0.2) is 4.39 Å². The van der Waals surface area contributed by atoms with Crippen molar-refractivity contribution in [3.63, 3.8) is 0 Å². The van der Waals surface area contributed by atoms with Gasteiger partial charge in [-0.15, -0.1) is 0 Å². The van der Waals surface area contributed by atoms with Crippen LogP contribution in [0.1, 0.15) is 40.0 Å². The second-order valence-electron chi connectivity index (χ2n) is 6.62. The average molecular weight is 323 g/mol. The topological polar surface area (TPSA) is 64.6 Å². The highest BCUT2D eigenvalue weighted by Gasteiger charge is 2.25. The van der Waals surface area contributed by atoms with Gasteiger partial charge in [0.2, 0.25) is 5.91 Å². The van der Waals surface area contributed by atoms with E-state index in [9.17, 15) is 14.0 Å². The van der Waals surface area contributed by atoms with Crippen molar-refractivity contribution in [2.45, 2.75) is 45.6 Å². The lowest BCUT2D eigenvalue weighted by Gasteiger charge is -2.19. The molecule has 0 saturated carbocycles. The van der Waals surface area contributed by atoms with Gasteiger partial charge in [-0.3, -0.25) is 9.59 Å². The second-order valence-corrected chi connectivity index (χ2v) is 6.62. The van der Waals surface area contributed by atoms with E-state index < -0.39 is 11.4 Å². The molecule has 0 aliphatic carbocycles. The number of anilines is 1. The van der Waals surface area contributed by atoms with Gasteiger partial charge in [-0.1, -0.05) is 0 Å². The molecular formula is C17H22FNO4. The molecule has 1 amide bonds. The van der Waals surface area contributed by atoms with Crippen LogP contribution in [0.25, 0.3) is 0 Å². The molecule has 0 spiro atoms. The predicted molar refractivity (Wildman–Crippen MR) is 83.7 cm³/mol. The van der Waals surface area contributed by atoms with E-state index in [0.717, 1.165) is 0 Å². The Labute approximate surface area is 135 Å². The normalized spacial score (nSPS) is 17.6. The summed E-state index contributed by atoms with van der Waals surface area (Å²) in [5, 5.41) is 2.67. The SMILES string of the molecule is CC(C)(C)OC(=O)CCC[C@H]1COc2ccc(F)cc2NC1=O. The molecule has 126 valence electrons. The third-order valence-electron chi connectivity index (χ3n) is 3.36. The highest BCUT2D eigenvalue weighted by Crippen LogP contribution is 2.30. The van der Waals surface area contributed by atoms with Crippen LogP contribution in [0.5, 0.6) is 5.75 Å². The van der Waals surface area contributed by atoms with Crippen LogP contribution in [0, 0.1) is 11.7 Å². The lowest BCUT2D eigenvalue weighted by molar-refractivity contribution is -0.155. The number of esters is 1. The molecule has 1 aliphatic rings. The van der Waals surface area contributed by atoms with Gasteiger partial charge in [-0.05, 0) is 45.7 Å². The maximum Gasteiger partial charge on any atom is 0.306 e. The maximum atomic E-state index is 13.2. The van der Waals surface area contributed by atoms with Crippen LogP contribution in [-0.2, 0) is 14.3 Å². The Hall–Kier alpha value is -2.11. The smallest absolute Gasteiger partial charge is 0.306 e. The van der Waals surface area contributed by atoms with Crippen LogP contribution in [0.15, 0.2) is 18.2 Å². The third-order valence-corrected chi connectivity index (χ3v) is 3.36. The van der Waals surface area contributed by atoms with E-state index in [2.05, 4.69) is 5.32 Å². The first-order chi connectivity index (χ1) is 10.7. The Morgan fingerprint density at radius 3 is 2.87 bits per heavy atom. The van der Waals surface area contributed by atoms with Gasteiger partial charge in [0.1, 0.15) is 17.2 Å². The minimum Gasteiger partial charge on any atom is -0.491 e. The van der Waals surface area contributed by atoms with E-state index in [1.807, 2.05) is 20.8 Å². The Morgan fingerprint density at radius 2 is 2.17 bits per heavy atom. The Balaban J connectivity index is 1.86. The fourth-order valence-corrected chi connectivity index (χ4v) is 2.33. The van der Waals surface area contributed by atoms with Crippen molar-refractivity contribution in [2.75, 3.05) is 11.9 Å². The summed E-state index contributed by atoms with van der Waals surface area (Å²) in [6.07, 6.45) is 1.28. The van der Waals surface area contributed by atoms with Crippen LogP contribution >= 0.6 is 0 Å². The maximum absolute atomic E-state index is 13.2. The Kier molecular flexibility index (Phi) is 5.23. The summed E-state index contributed by atoms with van der Waals surface area (Å²) >= 11 is 0. The molecule has 5 nitrogen and oxygen atoms in total. The molecule has 1 aliphatic heterocycles. The van der Waals surface area contributed by atoms with Crippen LogP contribution < -0.4 is 10.1 Å². The van der Waals surface area contributed by atoms with Crippen LogP contribution in [0.3, 0.4) is 0 Å². The molecule has 0 fully saturated rings. The Bertz CT molecular complexity index is 595. The first-order valence-electron chi connectivity index (χ1n) is 7.70. The van der Waals surface area contributed by atoms with Gasteiger partial charge >= 0.3 is 5.97 Å². The summed E-state index contributed by atoms with van der Waals surface area (Å²) in [6, 6.07) is 4.01. The molecule has 1 aromatic rings. The van der Waals surface area contributed by atoms with Crippen molar-refractivity contribution in [2.24, 2.45) is 5.92 Å². The molecule has 0 saturated heterocycles. The van der Waals surface area contributed by atoms with Gasteiger partial charge < -0.3 is 14.8 Å². The van der Waals surface area contributed by atoms with E-state index >= 15 is 0 Å². The van der Waals surface area contributed by atoms with Gasteiger partial charge in [0.15, 0.2) is 0 Å². The van der Waals surface area contributed by atoms with Crippen molar-refractivity contribution >= 4 is 17.6 Å². The highest BCUT2D eigenvalue weighted by molar-refractivity contribution is 5.94. The zero-order valence-electron chi connectivity index (χ0n) is 13.6. The van der Waals surface area contributed by atoms with E-state index in [-0.39, 0.29) is 30.8 Å².